The van der Waals surface area contributed by atoms with Gasteiger partial charge in [-0.25, -0.2) is 0 Å². The van der Waals surface area contributed by atoms with Gasteiger partial charge in [0.1, 0.15) is 0 Å². The van der Waals surface area contributed by atoms with Crippen LogP contribution in [0, 0.1) is 17.8 Å². The molecule has 3 rings (SSSR count). The molecule has 3 unspecified atom stereocenters. The molecule has 0 aromatic heterocycles. The van der Waals surface area contributed by atoms with Gasteiger partial charge in [0.2, 0.25) is 5.91 Å². The number of carbonyl (C=O) groups excluding carboxylic acids is 1. The molecule has 4 nitrogen and oxygen atoms in total. The standard InChI is InChI=1S/C20H37N3O.2ClH/c1-15(2)7-10-23-11-8-16(9-12-23)14-21-20(24)19-13-17-5-3-4-6-18(17)22-19;;/h15-19,22H,3-14H2,1-2H3,(H,21,24);2*1H. The van der Waals surface area contributed by atoms with E-state index in [-0.39, 0.29) is 36.8 Å². The molecule has 0 spiro atoms. The average molecular weight is 408 g/mol. The number of hydrogen-bond acceptors (Lipinski definition) is 3. The Bertz CT molecular complexity index is 400. The second-order valence-electron chi connectivity index (χ2n) is 8.82. The van der Waals surface area contributed by atoms with Crippen molar-refractivity contribution in [3.63, 3.8) is 0 Å². The molecule has 0 aromatic rings. The van der Waals surface area contributed by atoms with Gasteiger partial charge in [-0.1, -0.05) is 26.7 Å². The van der Waals surface area contributed by atoms with Crippen molar-refractivity contribution in [3.05, 3.63) is 0 Å². The minimum atomic E-state index is 0. The predicted molar refractivity (Wildman–Crippen MR) is 113 cm³/mol. The average Bonchev–Trinajstić information content (AvgIpc) is 3.03. The third kappa shape index (κ3) is 6.85. The van der Waals surface area contributed by atoms with Crippen molar-refractivity contribution in [2.24, 2.45) is 17.8 Å². The second-order valence-corrected chi connectivity index (χ2v) is 8.82. The number of likely N-dealkylation sites (tertiary alicyclic amines) is 1. The summed E-state index contributed by atoms with van der Waals surface area (Å²) < 4.78 is 0. The van der Waals surface area contributed by atoms with E-state index in [0.29, 0.717) is 12.0 Å². The quantitative estimate of drug-likeness (QED) is 0.706. The van der Waals surface area contributed by atoms with Crippen LogP contribution in [0.3, 0.4) is 0 Å². The summed E-state index contributed by atoms with van der Waals surface area (Å²) >= 11 is 0. The lowest BCUT2D eigenvalue weighted by Gasteiger charge is -2.32. The van der Waals surface area contributed by atoms with Crippen LogP contribution in [0.4, 0.5) is 0 Å². The van der Waals surface area contributed by atoms with E-state index < -0.39 is 0 Å². The van der Waals surface area contributed by atoms with Crippen LogP contribution >= 0.6 is 24.8 Å². The summed E-state index contributed by atoms with van der Waals surface area (Å²) in [6.45, 7) is 9.14. The summed E-state index contributed by atoms with van der Waals surface area (Å²) in [5.41, 5.74) is 0. The Morgan fingerprint density at radius 3 is 2.46 bits per heavy atom. The first-order chi connectivity index (χ1) is 11.6. The van der Waals surface area contributed by atoms with E-state index in [1.807, 2.05) is 0 Å². The lowest BCUT2D eigenvalue weighted by Crippen LogP contribution is -2.45. The number of piperidine rings is 1. The van der Waals surface area contributed by atoms with Gasteiger partial charge in [0.25, 0.3) is 0 Å². The first-order valence-corrected chi connectivity index (χ1v) is 10.4. The highest BCUT2D eigenvalue weighted by atomic mass is 35.5. The van der Waals surface area contributed by atoms with Gasteiger partial charge in [-0.3, -0.25) is 4.79 Å². The molecular weight excluding hydrogens is 369 g/mol. The van der Waals surface area contributed by atoms with E-state index in [4.69, 9.17) is 0 Å². The zero-order chi connectivity index (χ0) is 16.9. The van der Waals surface area contributed by atoms with Gasteiger partial charge in [-0.15, -0.1) is 24.8 Å². The van der Waals surface area contributed by atoms with Crippen molar-refractivity contribution in [1.82, 2.24) is 15.5 Å². The first-order valence-electron chi connectivity index (χ1n) is 10.4. The summed E-state index contributed by atoms with van der Waals surface area (Å²) in [6, 6.07) is 0.683. The molecule has 2 aliphatic heterocycles. The van der Waals surface area contributed by atoms with Gasteiger partial charge >= 0.3 is 0 Å². The molecule has 2 saturated heterocycles. The molecule has 2 N–H and O–H groups in total. The highest BCUT2D eigenvalue weighted by Crippen LogP contribution is 2.33. The van der Waals surface area contributed by atoms with E-state index in [2.05, 4.69) is 29.4 Å². The van der Waals surface area contributed by atoms with Crippen LogP contribution in [0.15, 0.2) is 0 Å². The fourth-order valence-corrected chi connectivity index (χ4v) is 4.74. The number of nitrogens with one attached hydrogen (secondary N) is 2. The minimum Gasteiger partial charge on any atom is -0.354 e. The van der Waals surface area contributed by atoms with Gasteiger partial charge in [0.05, 0.1) is 6.04 Å². The zero-order valence-corrected chi connectivity index (χ0v) is 18.2. The van der Waals surface area contributed by atoms with Gasteiger partial charge in [-0.05, 0) is 75.9 Å². The molecule has 0 radical (unpaired) electrons. The van der Waals surface area contributed by atoms with Crippen molar-refractivity contribution in [1.29, 1.82) is 0 Å². The Hall–Kier alpha value is -0.0300. The summed E-state index contributed by atoms with van der Waals surface area (Å²) in [6.07, 6.45) is 10.1. The fourth-order valence-electron chi connectivity index (χ4n) is 4.74. The molecule has 3 atom stereocenters. The van der Waals surface area contributed by atoms with Crippen molar-refractivity contribution >= 4 is 30.7 Å². The van der Waals surface area contributed by atoms with Crippen LogP contribution in [0.5, 0.6) is 0 Å². The normalized spacial score (nSPS) is 29.6. The van der Waals surface area contributed by atoms with Crippen molar-refractivity contribution in [3.8, 4) is 0 Å². The van der Waals surface area contributed by atoms with Crippen LogP contribution in [0.25, 0.3) is 0 Å². The molecular formula is C20H39Cl2N3O. The van der Waals surface area contributed by atoms with E-state index in [9.17, 15) is 4.79 Å². The Morgan fingerprint density at radius 1 is 1.12 bits per heavy atom. The predicted octanol–water partition coefficient (Wildman–Crippen LogP) is 3.63. The van der Waals surface area contributed by atoms with Crippen LogP contribution < -0.4 is 10.6 Å². The Balaban J connectivity index is 0.00000169. The van der Waals surface area contributed by atoms with Crippen LogP contribution in [-0.4, -0.2) is 49.1 Å². The summed E-state index contributed by atoms with van der Waals surface area (Å²) in [7, 11) is 0. The van der Waals surface area contributed by atoms with Gasteiger partial charge in [0.15, 0.2) is 0 Å². The van der Waals surface area contributed by atoms with Crippen LogP contribution in [0.1, 0.15) is 65.2 Å². The molecule has 0 bridgehead atoms. The van der Waals surface area contributed by atoms with E-state index >= 15 is 0 Å². The Labute approximate surface area is 172 Å². The number of halogens is 2. The lowest BCUT2D eigenvalue weighted by atomic mass is 9.85. The zero-order valence-electron chi connectivity index (χ0n) is 16.5. The third-order valence-electron chi connectivity index (χ3n) is 6.47. The number of carbonyl (C=O) groups is 1. The maximum atomic E-state index is 12.5. The Morgan fingerprint density at radius 2 is 1.81 bits per heavy atom. The smallest absolute Gasteiger partial charge is 0.237 e. The SMILES string of the molecule is CC(C)CCN1CCC(CNC(=O)C2CC3CCCCC3N2)CC1.Cl.Cl. The molecule has 3 fully saturated rings. The number of rotatable bonds is 6. The third-order valence-corrected chi connectivity index (χ3v) is 6.47. The van der Waals surface area contributed by atoms with Crippen LogP contribution in [-0.2, 0) is 4.79 Å². The topological polar surface area (TPSA) is 44.4 Å². The summed E-state index contributed by atoms with van der Waals surface area (Å²) in [4.78, 5) is 15.1. The molecule has 154 valence electrons. The minimum absolute atomic E-state index is 0. The fraction of sp³-hybridized carbons (Fsp3) is 0.950. The molecule has 1 saturated carbocycles. The van der Waals surface area contributed by atoms with E-state index in [0.717, 1.165) is 24.8 Å². The number of nitrogens with zero attached hydrogens (tertiary/aromatic N) is 1. The molecule has 1 amide bonds. The summed E-state index contributed by atoms with van der Waals surface area (Å²) in [5, 5.41) is 6.84. The van der Waals surface area contributed by atoms with Crippen LogP contribution in [0.2, 0.25) is 0 Å². The van der Waals surface area contributed by atoms with Gasteiger partial charge < -0.3 is 15.5 Å². The molecule has 26 heavy (non-hydrogen) atoms. The maximum absolute atomic E-state index is 12.5. The second kappa shape index (κ2) is 11.7. The highest BCUT2D eigenvalue weighted by molar-refractivity contribution is 5.85. The van der Waals surface area contributed by atoms with Crippen molar-refractivity contribution < 1.29 is 4.79 Å². The van der Waals surface area contributed by atoms with E-state index in [1.165, 1.54) is 64.6 Å². The highest BCUT2D eigenvalue weighted by Gasteiger charge is 2.38. The molecule has 1 aliphatic carbocycles. The molecule has 6 heteroatoms. The Kier molecular flexibility index (Phi) is 10.8. The largest absolute Gasteiger partial charge is 0.354 e. The summed E-state index contributed by atoms with van der Waals surface area (Å²) in [5.74, 6) is 2.47. The van der Waals surface area contributed by atoms with Gasteiger partial charge in [-0.2, -0.15) is 0 Å². The maximum Gasteiger partial charge on any atom is 0.237 e. The van der Waals surface area contributed by atoms with Crippen molar-refractivity contribution in [2.75, 3.05) is 26.2 Å². The molecule has 3 aliphatic rings. The number of amides is 1. The monoisotopic (exact) mass is 407 g/mol. The number of hydrogen-bond donors (Lipinski definition) is 2. The van der Waals surface area contributed by atoms with Gasteiger partial charge in [0, 0.05) is 12.6 Å². The lowest BCUT2D eigenvalue weighted by molar-refractivity contribution is -0.123. The molecule has 2 heterocycles. The van der Waals surface area contributed by atoms with E-state index in [1.54, 1.807) is 0 Å². The van der Waals surface area contributed by atoms with Crippen molar-refractivity contribution in [2.45, 2.75) is 77.3 Å². The molecule has 0 aromatic carbocycles. The number of fused-ring (bicyclic) bond motifs is 1. The first kappa shape index (κ1) is 24.0.